The van der Waals surface area contributed by atoms with Crippen LogP contribution in [0.4, 0.5) is 0 Å². The number of carbonyl (C=O) groups excluding carboxylic acids is 3. The molecule has 10 nitrogen and oxygen atoms in total. The van der Waals surface area contributed by atoms with Gasteiger partial charge in [-0.05, 0) is 44.9 Å². The number of amides is 3. The Bertz CT molecular complexity index is 820. The number of nitrogens with zero attached hydrogens (tertiary/aromatic N) is 2. The standard InChI is InChI=1S/C26H44N4O6/c1-4-8-27-22(32)19-20-24(34)30(10-6-5-7-14-31)21(26(20)17-18(2)25(19,3)36-26)23(33)28-9-11-29-12-15-35-16-13-29/h18-21,31H,4-17H2,1-3H3,(H,27,32)(H,28,33)/t18?,19-,20-,21?,25+,26?/m0/s1. The van der Waals surface area contributed by atoms with Gasteiger partial charge in [0.15, 0.2) is 0 Å². The van der Waals surface area contributed by atoms with Crippen LogP contribution in [-0.2, 0) is 23.9 Å². The van der Waals surface area contributed by atoms with E-state index in [1.54, 1.807) is 4.90 Å². The van der Waals surface area contributed by atoms with Crippen molar-refractivity contribution in [3.8, 4) is 0 Å². The number of hydrogen-bond acceptors (Lipinski definition) is 7. The van der Waals surface area contributed by atoms with Gasteiger partial charge in [-0.3, -0.25) is 19.3 Å². The van der Waals surface area contributed by atoms with Crippen molar-refractivity contribution in [3.05, 3.63) is 0 Å². The summed E-state index contributed by atoms with van der Waals surface area (Å²) in [6.45, 7) is 11.3. The summed E-state index contributed by atoms with van der Waals surface area (Å²) in [5.41, 5.74) is -1.78. The van der Waals surface area contributed by atoms with E-state index < -0.39 is 29.1 Å². The van der Waals surface area contributed by atoms with Gasteiger partial charge >= 0.3 is 0 Å². The van der Waals surface area contributed by atoms with Crippen LogP contribution in [0.15, 0.2) is 0 Å². The second-order valence-electron chi connectivity index (χ2n) is 11.1. The smallest absolute Gasteiger partial charge is 0.245 e. The largest absolute Gasteiger partial charge is 0.396 e. The molecule has 3 amide bonds. The average Bonchev–Trinajstić information content (AvgIpc) is 3.37. The highest BCUT2D eigenvalue weighted by molar-refractivity contribution is 5.99. The maximum absolute atomic E-state index is 13.9. The van der Waals surface area contributed by atoms with Crippen molar-refractivity contribution in [1.29, 1.82) is 0 Å². The van der Waals surface area contributed by atoms with Crippen molar-refractivity contribution in [2.75, 3.05) is 59.1 Å². The molecule has 3 N–H and O–H groups in total. The first kappa shape index (κ1) is 27.3. The quantitative estimate of drug-likeness (QED) is 0.321. The third kappa shape index (κ3) is 4.77. The van der Waals surface area contributed by atoms with Crippen LogP contribution >= 0.6 is 0 Å². The molecule has 1 spiro atoms. The summed E-state index contributed by atoms with van der Waals surface area (Å²) in [7, 11) is 0. The number of unbranched alkanes of at least 4 members (excludes halogenated alkanes) is 2. The van der Waals surface area contributed by atoms with Gasteiger partial charge in [-0.15, -0.1) is 0 Å². The SMILES string of the molecule is CCCNC(=O)[C@@H]1[C@H]2C(=O)N(CCCCCO)C(C(=O)NCCN3CCOCC3)C23CC(C)[C@@]1(C)O3. The Kier molecular flexibility index (Phi) is 8.59. The Hall–Kier alpha value is -1.75. The maximum atomic E-state index is 13.9. The van der Waals surface area contributed by atoms with Gasteiger partial charge in [-0.1, -0.05) is 13.8 Å². The predicted octanol–water partition coefficient (Wildman–Crippen LogP) is 0.134. The second kappa shape index (κ2) is 11.3. The molecule has 4 fully saturated rings. The summed E-state index contributed by atoms with van der Waals surface area (Å²) in [5, 5.41) is 15.2. The third-order valence-electron chi connectivity index (χ3n) is 8.78. The fraction of sp³-hybridized carbons (Fsp3) is 0.885. The molecule has 6 atom stereocenters. The van der Waals surface area contributed by atoms with Crippen molar-refractivity contribution in [2.24, 2.45) is 17.8 Å². The number of nitrogens with one attached hydrogen (secondary N) is 2. The Morgan fingerprint density at radius 1 is 1.08 bits per heavy atom. The molecule has 2 bridgehead atoms. The van der Waals surface area contributed by atoms with Crippen LogP contribution in [0.3, 0.4) is 0 Å². The molecule has 4 heterocycles. The van der Waals surface area contributed by atoms with E-state index in [2.05, 4.69) is 22.5 Å². The van der Waals surface area contributed by atoms with Crippen LogP contribution in [0.2, 0.25) is 0 Å². The van der Waals surface area contributed by atoms with E-state index in [1.807, 2.05) is 13.8 Å². The summed E-state index contributed by atoms with van der Waals surface area (Å²) >= 11 is 0. The molecule has 0 saturated carbocycles. The topological polar surface area (TPSA) is 120 Å². The molecule has 0 aromatic rings. The van der Waals surface area contributed by atoms with E-state index in [9.17, 15) is 19.5 Å². The van der Waals surface area contributed by atoms with Crippen LogP contribution in [0.5, 0.6) is 0 Å². The summed E-state index contributed by atoms with van der Waals surface area (Å²) in [5.74, 6) is -1.75. The van der Waals surface area contributed by atoms with E-state index in [-0.39, 0.29) is 30.2 Å². The predicted molar refractivity (Wildman–Crippen MR) is 133 cm³/mol. The van der Waals surface area contributed by atoms with Crippen molar-refractivity contribution in [3.63, 3.8) is 0 Å². The minimum absolute atomic E-state index is 0.0388. The monoisotopic (exact) mass is 508 g/mol. The average molecular weight is 509 g/mol. The van der Waals surface area contributed by atoms with Gasteiger partial charge in [0, 0.05) is 45.9 Å². The summed E-state index contributed by atoms with van der Waals surface area (Å²) < 4.78 is 12.1. The molecule has 0 radical (unpaired) electrons. The number of fused-ring (bicyclic) bond motifs is 1. The molecule has 10 heteroatoms. The molecule has 3 unspecified atom stereocenters. The van der Waals surface area contributed by atoms with E-state index in [1.165, 1.54) is 0 Å². The minimum Gasteiger partial charge on any atom is -0.396 e. The minimum atomic E-state index is -1.00. The molecule has 4 rings (SSSR count). The Morgan fingerprint density at radius 3 is 2.50 bits per heavy atom. The number of hydrogen-bond donors (Lipinski definition) is 3. The number of carbonyl (C=O) groups is 3. The van der Waals surface area contributed by atoms with E-state index >= 15 is 0 Å². The van der Waals surface area contributed by atoms with Gasteiger partial charge < -0.3 is 30.1 Å². The highest BCUT2D eigenvalue weighted by Crippen LogP contribution is 2.65. The van der Waals surface area contributed by atoms with Gasteiger partial charge in [0.25, 0.3) is 0 Å². The van der Waals surface area contributed by atoms with Gasteiger partial charge in [0.1, 0.15) is 11.6 Å². The zero-order valence-corrected chi connectivity index (χ0v) is 22.1. The molecule has 4 aliphatic heterocycles. The zero-order chi connectivity index (χ0) is 25.9. The molecule has 204 valence electrons. The first-order valence-electron chi connectivity index (χ1n) is 13.8. The van der Waals surface area contributed by atoms with Crippen molar-refractivity contribution in [1.82, 2.24) is 20.4 Å². The lowest BCUT2D eigenvalue weighted by atomic mass is 9.62. The van der Waals surface area contributed by atoms with Crippen molar-refractivity contribution < 1.29 is 29.0 Å². The van der Waals surface area contributed by atoms with E-state index in [4.69, 9.17) is 9.47 Å². The molecular formula is C26H44N4O6. The lowest BCUT2D eigenvalue weighted by Crippen LogP contribution is -2.56. The van der Waals surface area contributed by atoms with E-state index in [0.29, 0.717) is 52.1 Å². The molecule has 36 heavy (non-hydrogen) atoms. The number of morpholine rings is 1. The molecular weight excluding hydrogens is 464 g/mol. The molecule has 0 aromatic heterocycles. The number of rotatable bonds is 12. The number of aliphatic hydroxyl groups is 1. The van der Waals surface area contributed by atoms with Crippen LogP contribution in [0.1, 0.15) is 52.9 Å². The highest BCUT2D eigenvalue weighted by Gasteiger charge is 2.79. The zero-order valence-electron chi connectivity index (χ0n) is 22.1. The van der Waals surface area contributed by atoms with Crippen LogP contribution in [-0.4, -0.2) is 109 Å². The molecule has 4 saturated heterocycles. The fourth-order valence-corrected chi connectivity index (χ4v) is 6.87. The normalized spacial score (nSPS) is 35.8. The summed E-state index contributed by atoms with van der Waals surface area (Å²) in [6, 6.07) is -0.762. The summed E-state index contributed by atoms with van der Waals surface area (Å²) in [4.78, 5) is 45.0. The Labute approximate surface area is 214 Å². The lowest BCUT2D eigenvalue weighted by Gasteiger charge is -2.36. The molecule has 0 aliphatic carbocycles. The number of ether oxygens (including phenoxy) is 2. The number of aliphatic hydroxyl groups excluding tert-OH is 1. The summed E-state index contributed by atoms with van der Waals surface area (Å²) in [6.07, 6.45) is 3.48. The van der Waals surface area contributed by atoms with E-state index in [0.717, 1.165) is 32.5 Å². The highest BCUT2D eigenvalue weighted by atomic mass is 16.5. The maximum Gasteiger partial charge on any atom is 0.245 e. The van der Waals surface area contributed by atoms with Crippen molar-refractivity contribution in [2.45, 2.75) is 70.1 Å². The van der Waals surface area contributed by atoms with Crippen LogP contribution < -0.4 is 10.6 Å². The first-order chi connectivity index (χ1) is 17.3. The Balaban J connectivity index is 1.56. The second-order valence-corrected chi connectivity index (χ2v) is 11.1. The van der Waals surface area contributed by atoms with Crippen LogP contribution in [0, 0.1) is 17.8 Å². The molecule has 4 aliphatic rings. The van der Waals surface area contributed by atoms with Gasteiger partial charge in [-0.25, -0.2) is 0 Å². The van der Waals surface area contributed by atoms with Crippen LogP contribution in [0.25, 0.3) is 0 Å². The molecule has 0 aromatic carbocycles. The number of likely N-dealkylation sites (tertiary alicyclic amines) is 1. The fourth-order valence-electron chi connectivity index (χ4n) is 6.87. The Morgan fingerprint density at radius 2 is 1.81 bits per heavy atom. The lowest BCUT2D eigenvalue weighted by molar-refractivity contribution is -0.147. The van der Waals surface area contributed by atoms with Gasteiger partial charge in [-0.2, -0.15) is 0 Å². The third-order valence-corrected chi connectivity index (χ3v) is 8.78. The van der Waals surface area contributed by atoms with Gasteiger partial charge in [0.2, 0.25) is 17.7 Å². The van der Waals surface area contributed by atoms with Gasteiger partial charge in [0.05, 0.1) is 30.7 Å². The first-order valence-corrected chi connectivity index (χ1v) is 13.8. The van der Waals surface area contributed by atoms with Crippen molar-refractivity contribution >= 4 is 17.7 Å².